The van der Waals surface area contributed by atoms with Gasteiger partial charge in [-0.1, -0.05) is 0 Å². The van der Waals surface area contributed by atoms with Crippen LogP contribution in [0.15, 0.2) is 35.1 Å². The van der Waals surface area contributed by atoms with Crippen molar-refractivity contribution in [3.63, 3.8) is 0 Å². The van der Waals surface area contributed by atoms with Crippen LogP contribution in [0, 0.1) is 0 Å². The summed E-state index contributed by atoms with van der Waals surface area (Å²) in [6.45, 7) is -0.157. The van der Waals surface area contributed by atoms with E-state index in [4.69, 9.17) is 4.42 Å². The number of nitrogens with zero attached hydrogens (tertiary/aromatic N) is 2. The highest BCUT2D eigenvalue weighted by Gasteiger charge is 2.28. The zero-order valence-electron chi connectivity index (χ0n) is 9.85. The van der Waals surface area contributed by atoms with Crippen LogP contribution in [0.2, 0.25) is 0 Å². The van der Waals surface area contributed by atoms with Crippen LogP contribution in [-0.4, -0.2) is 16.0 Å². The first-order chi connectivity index (χ1) is 8.53. The van der Waals surface area contributed by atoms with Crippen LogP contribution in [-0.2, 0) is 19.6 Å². The molecule has 1 N–H and O–H groups in total. The summed E-state index contributed by atoms with van der Waals surface area (Å²) in [5, 5.41) is 6.85. The lowest BCUT2D eigenvalue weighted by molar-refractivity contribution is -0.142. The highest BCUT2D eigenvalue weighted by Crippen LogP contribution is 2.16. The summed E-state index contributed by atoms with van der Waals surface area (Å²) in [5.41, 5.74) is 0.561. The first-order valence-electron chi connectivity index (χ1n) is 5.35. The molecular weight excluding hydrogens is 283 g/mol. The number of aromatic nitrogens is 2. The lowest BCUT2D eigenvalue weighted by atomic mass is 10.4. The maximum absolute atomic E-state index is 12.1. The lowest BCUT2D eigenvalue weighted by Crippen LogP contribution is -2.19. The van der Waals surface area contributed by atoms with Gasteiger partial charge in [-0.25, -0.2) is 0 Å². The molecule has 19 heavy (non-hydrogen) atoms. The van der Waals surface area contributed by atoms with Gasteiger partial charge in [0.25, 0.3) is 0 Å². The molecule has 8 heteroatoms. The molecule has 0 aliphatic carbocycles. The summed E-state index contributed by atoms with van der Waals surface area (Å²) in [6.07, 6.45) is -1.36. The molecule has 4 nitrogen and oxygen atoms in total. The first kappa shape index (κ1) is 15.6. The maximum Gasteiger partial charge on any atom is 0.408 e. The molecule has 0 aliphatic rings. The van der Waals surface area contributed by atoms with Gasteiger partial charge in [-0.3, -0.25) is 4.68 Å². The van der Waals surface area contributed by atoms with Gasteiger partial charge in [0, 0.05) is 12.7 Å². The predicted octanol–water partition coefficient (Wildman–Crippen LogP) is 2.75. The average molecular weight is 296 g/mol. The number of furan rings is 1. The number of nitrogens with one attached hydrogen (secondary N) is 1. The maximum atomic E-state index is 12.1. The highest BCUT2D eigenvalue weighted by atomic mass is 35.5. The normalized spacial score (nSPS) is 11.3. The van der Waals surface area contributed by atoms with E-state index in [0.717, 1.165) is 10.4 Å². The molecule has 0 atom stereocenters. The summed E-state index contributed by atoms with van der Waals surface area (Å²) < 4.78 is 42.3. The zero-order chi connectivity index (χ0) is 13.0. The second-order valence-corrected chi connectivity index (χ2v) is 3.80. The van der Waals surface area contributed by atoms with Crippen molar-refractivity contribution >= 4 is 12.4 Å². The molecule has 2 aromatic heterocycles. The standard InChI is InChI=1S/C11H12F3N3O.ClH/c12-11(13,14)8-17-4-3-9(16-17)6-15-7-10-2-1-5-18-10;/h1-5,15H,6-8H2;1H. The van der Waals surface area contributed by atoms with Crippen LogP contribution in [0.25, 0.3) is 0 Å². The van der Waals surface area contributed by atoms with E-state index in [1.54, 1.807) is 18.4 Å². The first-order valence-corrected chi connectivity index (χ1v) is 5.35. The molecule has 0 amide bonds. The van der Waals surface area contributed by atoms with Crippen LogP contribution in [0.5, 0.6) is 0 Å². The topological polar surface area (TPSA) is 43.0 Å². The zero-order valence-corrected chi connectivity index (χ0v) is 10.7. The van der Waals surface area contributed by atoms with E-state index in [2.05, 4.69) is 10.4 Å². The Labute approximate surface area is 114 Å². The van der Waals surface area contributed by atoms with Crippen molar-refractivity contribution < 1.29 is 17.6 Å². The third kappa shape index (κ3) is 5.35. The fourth-order valence-corrected chi connectivity index (χ4v) is 1.50. The lowest BCUT2D eigenvalue weighted by Gasteiger charge is -2.05. The fourth-order valence-electron chi connectivity index (χ4n) is 1.50. The summed E-state index contributed by atoms with van der Waals surface area (Å²) in [6, 6.07) is 5.14. The van der Waals surface area contributed by atoms with Crippen molar-refractivity contribution in [1.29, 1.82) is 0 Å². The van der Waals surface area contributed by atoms with Gasteiger partial charge in [-0.15, -0.1) is 12.4 Å². The Morgan fingerprint density at radius 1 is 1.26 bits per heavy atom. The monoisotopic (exact) mass is 295 g/mol. The van der Waals surface area contributed by atoms with E-state index >= 15 is 0 Å². The average Bonchev–Trinajstić information content (AvgIpc) is 2.88. The molecule has 2 aromatic rings. The fraction of sp³-hybridized carbons (Fsp3) is 0.364. The Balaban J connectivity index is 0.00000180. The number of hydrogen-bond donors (Lipinski definition) is 1. The van der Waals surface area contributed by atoms with E-state index in [9.17, 15) is 13.2 Å². The molecule has 0 saturated carbocycles. The molecule has 0 unspecified atom stereocenters. The molecule has 0 aromatic carbocycles. The minimum atomic E-state index is -4.25. The Hall–Kier alpha value is -1.47. The second kappa shape index (κ2) is 6.63. The molecule has 0 bridgehead atoms. The smallest absolute Gasteiger partial charge is 0.408 e. The Kier molecular flexibility index (Phi) is 5.44. The van der Waals surface area contributed by atoms with E-state index < -0.39 is 12.7 Å². The minimum absolute atomic E-state index is 0. The van der Waals surface area contributed by atoms with Crippen molar-refractivity contribution in [3.8, 4) is 0 Å². The Morgan fingerprint density at radius 2 is 2.05 bits per heavy atom. The number of halogens is 4. The van der Waals surface area contributed by atoms with Crippen molar-refractivity contribution in [2.24, 2.45) is 0 Å². The number of rotatable bonds is 5. The van der Waals surface area contributed by atoms with E-state index in [0.29, 0.717) is 18.8 Å². The van der Waals surface area contributed by atoms with Crippen molar-refractivity contribution in [2.75, 3.05) is 0 Å². The second-order valence-electron chi connectivity index (χ2n) is 3.80. The summed E-state index contributed by atoms with van der Waals surface area (Å²) in [4.78, 5) is 0. The highest BCUT2D eigenvalue weighted by molar-refractivity contribution is 5.85. The Bertz CT molecular complexity index is 482. The van der Waals surface area contributed by atoms with Crippen molar-refractivity contribution in [2.45, 2.75) is 25.8 Å². The molecule has 0 radical (unpaired) electrons. The summed E-state index contributed by atoms with van der Waals surface area (Å²) in [7, 11) is 0. The van der Waals surface area contributed by atoms with Crippen LogP contribution in [0.3, 0.4) is 0 Å². The van der Waals surface area contributed by atoms with Gasteiger partial charge in [-0.05, 0) is 18.2 Å². The van der Waals surface area contributed by atoms with E-state index in [1.165, 1.54) is 6.20 Å². The largest absolute Gasteiger partial charge is 0.468 e. The van der Waals surface area contributed by atoms with Crippen LogP contribution in [0.1, 0.15) is 11.5 Å². The van der Waals surface area contributed by atoms with Gasteiger partial charge in [0.1, 0.15) is 12.3 Å². The third-order valence-electron chi connectivity index (χ3n) is 2.22. The molecule has 2 heterocycles. The molecular formula is C11H13ClF3N3O. The van der Waals surface area contributed by atoms with Crippen molar-refractivity contribution in [3.05, 3.63) is 42.1 Å². The van der Waals surface area contributed by atoms with Gasteiger partial charge < -0.3 is 9.73 Å². The Morgan fingerprint density at radius 3 is 2.68 bits per heavy atom. The SMILES string of the molecule is Cl.FC(F)(F)Cn1ccc(CNCc2ccco2)n1. The van der Waals surface area contributed by atoms with Gasteiger partial charge in [0.15, 0.2) is 0 Å². The minimum Gasteiger partial charge on any atom is -0.468 e. The molecule has 0 aliphatic heterocycles. The quantitative estimate of drug-likeness (QED) is 0.922. The molecule has 2 rings (SSSR count). The number of hydrogen-bond acceptors (Lipinski definition) is 3. The predicted molar refractivity (Wildman–Crippen MR) is 64.8 cm³/mol. The van der Waals surface area contributed by atoms with Gasteiger partial charge in [0.05, 0.1) is 18.5 Å². The third-order valence-corrected chi connectivity index (χ3v) is 2.22. The van der Waals surface area contributed by atoms with Crippen LogP contribution < -0.4 is 5.32 Å². The van der Waals surface area contributed by atoms with E-state index in [-0.39, 0.29) is 12.4 Å². The van der Waals surface area contributed by atoms with Gasteiger partial charge in [-0.2, -0.15) is 18.3 Å². The van der Waals surface area contributed by atoms with Gasteiger partial charge in [0.2, 0.25) is 0 Å². The molecule has 0 saturated heterocycles. The van der Waals surface area contributed by atoms with Crippen LogP contribution >= 0.6 is 12.4 Å². The summed E-state index contributed by atoms with van der Waals surface area (Å²) >= 11 is 0. The van der Waals surface area contributed by atoms with Crippen molar-refractivity contribution in [1.82, 2.24) is 15.1 Å². The molecule has 106 valence electrons. The molecule has 0 fully saturated rings. The van der Waals surface area contributed by atoms with Gasteiger partial charge >= 0.3 is 6.18 Å². The number of alkyl halides is 3. The van der Waals surface area contributed by atoms with Crippen LogP contribution in [0.4, 0.5) is 13.2 Å². The summed E-state index contributed by atoms with van der Waals surface area (Å²) in [5.74, 6) is 0.768. The molecule has 0 spiro atoms. The van der Waals surface area contributed by atoms with E-state index in [1.807, 2.05) is 6.07 Å².